The third-order valence-corrected chi connectivity index (χ3v) is 6.96. The van der Waals surface area contributed by atoms with Gasteiger partial charge in [0.25, 0.3) is 11.8 Å². The smallest absolute Gasteiger partial charge is 0.410 e. The first-order chi connectivity index (χ1) is 19.5. The summed E-state index contributed by atoms with van der Waals surface area (Å²) in [5, 5.41) is 6.42. The Kier molecular flexibility index (Phi) is 8.36. The minimum atomic E-state index is -0.600. The van der Waals surface area contributed by atoms with Crippen LogP contribution >= 0.6 is 0 Å². The predicted molar refractivity (Wildman–Crippen MR) is 152 cm³/mol. The summed E-state index contributed by atoms with van der Waals surface area (Å²) in [4.78, 5) is 45.6. The van der Waals surface area contributed by atoms with Crippen molar-refractivity contribution in [3.05, 3.63) is 95.2 Å². The Hall–Kier alpha value is -4.70. The maximum Gasteiger partial charge on any atom is 0.410 e. The number of nitrogens with zero attached hydrogens (tertiary/aromatic N) is 3. The zero-order valence-electron chi connectivity index (χ0n) is 22.1. The van der Waals surface area contributed by atoms with Crippen molar-refractivity contribution in [3.63, 3.8) is 0 Å². The molecule has 0 bridgehead atoms. The van der Waals surface area contributed by atoms with E-state index >= 15 is 0 Å². The molecule has 4 N–H and O–H groups in total. The van der Waals surface area contributed by atoms with E-state index in [1.165, 1.54) is 0 Å². The lowest BCUT2D eigenvalue weighted by Gasteiger charge is -2.27. The van der Waals surface area contributed by atoms with Crippen LogP contribution in [-0.4, -0.2) is 72.0 Å². The van der Waals surface area contributed by atoms with Crippen LogP contribution in [0.5, 0.6) is 0 Å². The van der Waals surface area contributed by atoms with Gasteiger partial charge in [-0.05, 0) is 54.0 Å². The number of piperazine rings is 1. The fraction of sp³-hybridized carbons (Fsp3) is 0.267. The molecule has 0 unspecified atom stereocenters. The Balaban J connectivity index is 1.25. The molecule has 1 saturated heterocycles. The van der Waals surface area contributed by atoms with Gasteiger partial charge in [0.15, 0.2) is 0 Å². The lowest BCUT2D eigenvalue weighted by molar-refractivity contribution is 0.0735. The molecule has 10 nitrogen and oxygen atoms in total. The van der Waals surface area contributed by atoms with E-state index in [-0.39, 0.29) is 24.2 Å². The van der Waals surface area contributed by atoms with Crippen LogP contribution in [0.4, 0.5) is 16.3 Å². The van der Waals surface area contributed by atoms with Gasteiger partial charge in [-0.15, -0.1) is 0 Å². The Morgan fingerprint density at radius 2 is 1.68 bits per heavy atom. The molecule has 0 radical (unpaired) electrons. The van der Waals surface area contributed by atoms with Crippen molar-refractivity contribution in [1.29, 1.82) is 0 Å². The molecule has 3 heterocycles. The van der Waals surface area contributed by atoms with E-state index in [1.807, 2.05) is 41.3 Å². The third-order valence-electron chi connectivity index (χ3n) is 6.96. The molecule has 0 saturated carbocycles. The molecule has 2 aliphatic heterocycles. The van der Waals surface area contributed by atoms with E-state index in [4.69, 9.17) is 15.5 Å². The summed E-state index contributed by atoms with van der Waals surface area (Å²) in [6, 6.07) is 20.1. The van der Waals surface area contributed by atoms with Crippen LogP contribution in [0.15, 0.2) is 72.8 Å². The number of rotatable bonds is 7. The number of benzene rings is 2. The highest BCUT2D eigenvalue weighted by Gasteiger charge is 2.22. The van der Waals surface area contributed by atoms with Crippen LogP contribution in [-0.2, 0) is 11.3 Å². The number of carbonyl (C=O) groups is 3. The molecular formula is C30H32N6O4. The van der Waals surface area contributed by atoms with Gasteiger partial charge in [0.2, 0.25) is 0 Å². The van der Waals surface area contributed by atoms with E-state index in [0.717, 1.165) is 24.2 Å². The number of aromatic nitrogens is 1. The van der Waals surface area contributed by atoms with Gasteiger partial charge in [-0.25, -0.2) is 9.78 Å². The molecule has 3 aromatic rings. The van der Waals surface area contributed by atoms with Gasteiger partial charge in [-0.3, -0.25) is 9.59 Å². The zero-order valence-corrected chi connectivity index (χ0v) is 22.1. The van der Waals surface area contributed by atoms with Crippen molar-refractivity contribution in [2.45, 2.75) is 13.0 Å². The van der Waals surface area contributed by atoms with Crippen molar-refractivity contribution in [3.8, 4) is 0 Å². The summed E-state index contributed by atoms with van der Waals surface area (Å²) in [5.41, 5.74) is 9.74. The normalized spacial score (nSPS) is 15.2. The number of primary amides is 1. The Labute approximate surface area is 232 Å². The van der Waals surface area contributed by atoms with Gasteiger partial charge in [0, 0.05) is 50.5 Å². The van der Waals surface area contributed by atoms with Crippen molar-refractivity contribution in [2.75, 3.05) is 44.6 Å². The largest absolute Gasteiger partial charge is 0.445 e. The first-order valence-corrected chi connectivity index (χ1v) is 13.3. The number of nitrogens with one attached hydrogen (secondary N) is 2. The summed E-state index contributed by atoms with van der Waals surface area (Å²) in [6.07, 6.45) is 2.17. The van der Waals surface area contributed by atoms with E-state index < -0.39 is 5.91 Å². The van der Waals surface area contributed by atoms with Gasteiger partial charge < -0.3 is 30.9 Å². The van der Waals surface area contributed by atoms with Crippen LogP contribution in [0, 0.1) is 0 Å². The Bertz CT molecular complexity index is 1400. The molecule has 5 rings (SSSR count). The lowest BCUT2D eigenvalue weighted by Crippen LogP contribution is -2.46. The third kappa shape index (κ3) is 6.47. The molecule has 1 aromatic heterocycles. The quantitative estimate of drug-likeness (QED) is 0.419. The summed E-state index contributed by atoms with van der Waals surface area (Å²) >= 11 is 0. The zero-order chi connectivity index (χ0) is 27.9. The topological polar surface area (TPSA) is 130 Å². The summed E-state index contributed by atoms with van der Waals surface area (Å²) < 4.78 is 5.45. The standard InChI is InChI=1S/C30H32N6O4/c31-27(37)25-10-11-26(22-12-16-36(17-13-22)30(39)40-20-21-4-2-1-3-5-21)34-28(25)33-24-8-6-23(7-9-24)29(38)35-18-14-32-15-19-35/h1-12,32H,13-20H2,(H2,31,37)(H,33,34). The molecule has 2 aromatic carbocycles. The molecule has 0 aliphatic carbocycles. The van der Waals surface area contributed by atoms with Crippen LogP contribution < -0.4 is 16.4 Å². The lowest BCUT2D eigenvalue weighted by atomic mass is 10.0. The number of carbonyl (C=O) groups excluding carboxylic acids is 3. The molecule has 0 spiro atoms. The monoisotopic (exact) mass is 540 g/mol. The summed E-state index contributed by atoms with van der Waals surface area (Å²) in [5.74, 6) is -0.276. The molecule has 2 aliphatic rings. The Morgan fingerprint density at radius 3 is 2.35 bits per heavy atom. The van der Waals surface area contributed by atoms with Crippen LogP contribution in [0.1, 0.15) is 38.4 Å². The highest BCUT2D eigenvalue weighted by Crippen LogP contribution is 2.26. The summed E-state index contributed by atoms with van der Waals surface area (Å²) in [6.45, 7) is 4.05. The number of hydrogen-bond donors (Lipinski definition) is 3. The van der Waals surface area contributed by atoms with Gasteiger partial charge in [-0.2, -0.15) is 0 Å². The van der Waals surface area contributed by atoms with Crippen LogP contribution in [0.2, 0.25) is 0 Å². The SMILES string of the molecule is NC(=O)c1ccc(C2=CCN(C(=O)OCc3ccccc3)CC2)nc1Nc1ccc(C(=O)N2CCNCC2)cc1. The highest BCUT2D eigenvalue weighted by molar-refractivity contribution is 5.99. The fourth-order valence-corrected chi connectivity index (χ4v) is 4.69. The minimum absolute atomic E-state index is 0.00627. The maximum atomic E-state index is 12.8. The van der Waals surface area contributed by atoms with Gasteiger partial charge in [0.1, 0.15) is 12.4 Å². The van der Waals surface area contributed by atoms with E-state index in [2.05, 4.69) is 10.6 Å². The first kappa shape index (κ1) is 26.9. The van der Waals surface area contributed by atoms with Crippen LogP contribution in [0.25, 0.3) is 5.57 Å². The second-order valence-corrected chi connectivity index (χ2v) is 9.67. The molecule has 0 atom stereocenters. The van der Waals surface area contributed by atoms with Crippen molar-refractivity contribution >= 4 is 35.0 Å². The second kappa shape index (κ2) is 12.4. The van der Waals surface area contributed by atoms with E-state index in [0.29, 0.717) is 55.4 Å². The predicted octanol–water partition coefficient (Wildman–Crippen LogP) is 3.40. The average molecular weight is 541 g/mol. The number of nitrogens with two attached hydrogens (primary N) is 1. The van der Waals surface area contributed by atoms with Gasteiger partial charge in [0.05, 0.1) is 11.3 Å². The molecule has 40 heavy (non-hydrogen) atoms. The number of ether oxygens (including phenoxy) is 1. The second-order valence-electron chi connectivity index (χ2n) is 9.67. The molecule has 10 heteroatoms. The van der Waals surface area contributed by atoms with Gasteiger partial charge in [-0.1, -0.05) is 36.4 Å². The minimum Gasteiger partial charge on any atom is -0.445 e. The Morgan fingerprint density at radius 1 is 0.925 bits per heavy atom. The molecule has 1 fully saturated rings. The van der Waals surface area contributed by atoms with E-state index in [9.17, 15) is 14.4 Å². The molecular weight excluding hydrogens is 508 g/mol. The number of hydrogen-bond acceptors (Lipinski definition) is 7. The molecule has 3 amide bonds. The summed E-state index contributed by atoms with van der Waals surface area (Å²) in [7, 11) is 0. The van der Waals surface area contributed by atoms with Crippen molar-refractivity contribution in [2.24, 2.45) is 5.73 Å². The fourth-order valence-electron chi connectivity index (χ4n) is 4.69. The highest BCUT2D eigenvalue weighted by atomic mass is 16.6. The number of pyridine rings is 1. The maximum absolute atomic E-state index is 12.8. The molecule has 206 valence electrons. The van der Waals surface area contributed by atoms with E-state index in [1.54, 1.807) is 41.3 Å². The number of anilines is 2. The number of amides is 3. The van der Waals surface area contributed by atoms with Crippen molar-refractivity contribution in [1.82, 2.24) is 20.1 Å². The van der Waals surface area contributed by atoms with Gasteiger partial charge >= 0.3 is 6.09 Å². The first-order valence-electron chi connectivity index (χ1n) is 13.3. The van der Waals surface area contributed by atoms with Crippen LogP contribution in [0.3, 0.4) is 0 Å². The average Bonchev–Trinajstić information content (AvgIpc) is 3.01. The van der Waals surface area contributed by atoms with Crippen molar-refractivity contribution < 1.29 is 19.1 Å².